The molecule has 0 aliphatic carbocycles. The van der Waals surface area contributed by atoms with Crippen molar-refractivity contribution in [1.29, 1.82) is 0 Å². The van der Waals surface area contributed by atoms with Crippen molar-refractivity contribution in [3.05, 3.63) is 83.4 Å². The molecule has 4 aromatic rings. The first kappa shape index (κ1) is 20.8. The lowest BCUT2D eigenvalue weighted by atomic mass is 10.0. The number of fused-ring (bicyclic) bond motifs is 1. The summed E-state index contributed by atoms with van der Waals surface area (Å²) in [6.07, 6.45) is 0. The van der Waals surface area contributed by atoms with Gasteiger partial charge in [-0.05, 0) is 49.4 Å². The van der Waals surface area contributed by atoms with Gasteiger partial charge in [0.1, 0.15) is 29.3 Å². The van der Waals surface area contributed by atoms with E-state index in [0.29, 0.717) is 33.6 Å². The lowest BCUT2D eigenvalue weighted by Gasteiger charge is -2.04. The Hall–Kier alpha value is -4.50. The first-order valence-electron chi connectivity index (χ1n) is 9.75. The molecule has 3 aromatic carbocycles. The van der Waals surface area contributed by atoms with Crippen LogP contribution in [0.2, 0.25) is 0 Å². The maximum atomic E-state index is 11.5. The minimum atomic E-state index is -1.25. The number of Topliss-reactive ketones (excluding diaryl/α,β-unsaturated/α-hetero) is 1. The van der Waals surface area contributed by atoms with E-state index >= 15 is 0 Å². The number of benzene rings is 3. The smallest absolute Gasteiger partial charge is 0.339 e. The van der Waals surface area contributed by atoms with Gasteiger partial charge in [-0.1, -0.05) is 30.0 Å². The van der Waals surface area contributed by atoms with Crippen molar-refractivity contribution in [2.45, 2.75) is 6.92 Å². The van der Waals surface area contributed by atoms with Crippen LogP contribution in [-0.2, 0) is 4.79 Å². The zero-order chi connectivity index (χ0) is 22.7. The Bertz CT molecular complexity index is 1370. The molecule has 4 rings (SSSR count). The summed E-state index contributed by atoms with van der Waals surface area (Å²) in [6.45, 7) is 1.43. The fourth-order valence-corrected chi connectivity index (χ4v) is 3.17. The Morgan fingerprint density at radius 1 is 1.00 bits per heavy atom. The van der Waals surface area contributed by atoms with Gasteiger partial charge < -0.3 is 19.4 Å². The van der Waals surface area contributed by atoms with E-state index in [1.165, 1.54) is 19.1 Å². The molecule has 0 aliphatic rings. The highest BCUT2D eigenvalue weighted by atomic mass is 16.5. The topological polar surface area (TPSA) is 97.0 Å². The van der Waals surface area contributed by atoms with E-state index in [2.05, 4.69) is 11.8 Å². The van der Waals surface area contributed by atoms with Gasteiger partial charge in [0, 0.05) is 22.6 Å². The second-order valence-corrected chi connectivity index (χ2v) is 7.11. The molecular weight excluding hydrogens is 408 g/mol. The molecule has 1 heterocycles. The second-order valence-electron chi connectivity index (χ2n) is 7.11. The number of hydrogen-bond donors (Lipinski definition) is 2. The molecule has 0 saturated carbocycles. The first-order valence-corrected chi connectivity index (χ1v) is 9.75. The number of hydrogen-bond acceptors (Lipinski definition) is 5. The number of carboxylic acids is 1. The summed E-state index contributed by atoms with van der Waals surface area (Å²) in [5, 5.41) is 20.0. The summed E-state index contributed by atoms with van der Waals surface area (Å²) < 4.78 is 11.4. The van der Waals surface area contributed by atoms with Crippen molar-refractivity contribution in [3.8, 4) is 34.7 Å². The largest absolute Gasteiger partial charge is 0.507 e. The van der Waals surface area contributed by atoms with Crippen LogP contribution in [-0.4, -0.2) is 28.6 Å². The Morgan fingerprint density at radius 3 is 2.38 bits per heavy atom. The molecule has 158 valence electrons. The van der Waals surface area contributed by atoms with Gasteiger partial charge in [0.25, 0.3) is 0 Å². The number of furan rings is 1. The lowest BCUT2D eigenvalue weighted by molar-refractivity contribution is -0.118. The van der Waals surface area contributed by atoms with Crippen LogP contribution in [0, 0.1) is 11.8 Å². The SMILES string of the molecule is CC(=O)COc1ccc(-c2oc3cc(O)c(C(=O)O)cc3c2C#Cc2ccccc2)cc1. The van der Waals surface area contributed by atoms with Gasteiger partial charge in [-0.3, -0.25) is 4.79 Å². The highest BCUT2D eigenvalue weighted by molar-refractivity contribution is 6.00. The van der Waals surface area contributed by atoms with Crippen LogP contribution in [0.1, 0.15) is 28.4 Å². The van der Waals surface area contributed by atoms with E-state index < -0.39 is 5.97 Å². The lowest BCUT2D eigenvalue weighted by Crippen LogP contribution is -2.06. The van der Waals surface area contributed by atoms with Gasteiger partial charge in [-0.25, -0.2) is 4.79 Å². The standard InChI is InChI=1S/C26H18O6/c1-16(27)15-31-19-10-8-18(9-11-19)25-20(12-7-17-5-3-2-4-6-17)21-13-22(26(29)30)23(28)14-24(21)32-25/h2-6,8-11,13-14,28H,15H2,1H3,(H,29,30). The van der Waals surface area contributed by atoms with E-state index in [-0.39, 0.29) is 23.7 Å². The summed E-state index contributed by atoms with van der Waals surface area (Å²) in [4.78, 5) is 22.6. The zero-order valence-corrected chi connectivity index (χ0v) is 17.1. The third kappa shape index (κ3) is 4.32. The Kier molecular flexibility index (Phi) is 5.65. The zero-order valence-electron chi connectivity index (χ0n) is 17.1. The quantitative estimate of drug-likeness (QED) is 0.442. The van der Waals surface area contributed by atoms with E-state index in [9.17, 15) is 19.8 Å². The summed E-state index contributed by atoms with van der Waals surface area (Å²) in [6, 6.07) is 18.9. The number of carbonyl (C=O) groups is 2. The normalized spacial score (nSPS) is 10.4. The van der Waals surface area contributed by atoms with Crippen LogP contribution in [0.5, 0.6) is 11.5 Å². The number of ether oxygens (including phenoxy) is 1. The molecule has 0 fully saturated rings. The monoisotopic (exact) mass is 426 g/mol. The van der Waals surface area contributed by atoms with Gasteiger partial charge in [0.15, 0.2) is 11.5 Å². The minimum absolute atomic E-state index is 0.0188. The molecule has 0 spiro atoms. The highest BCUT2D eigenvalue weighted by Gasteiger charge is 2.19. The molecule has 0 saturated heterocycles. The number of aromatic hydroxyl groups is 1. The molecule has 32 heavy (non-hydrogen) atoms. The molecule has 0 bridgehead atoms. The predicted molar refractivity (Wildman–Crippen MR) is 119 cm³/mol. The number of ketones is 1. The molecule has 2 N–H and O–H groups in total. The number of carbonyl (C=O) groups excluding carboxylic acids is 1. The van der Waals surface area contributed by atoms with E-state index in [0.717, 1.165) is 5.56 Å². The van der Waals surface area contributed by atoms with E-state index in [1.807, 2.05) is 30.3 Å². The van der Waals surface area contributed by atoms with Crippen LogP contribution < -0.4 is 4.74 Å². The van der Waals surface area contributed by atoms with Gasteiger partial charge in [0.2, 0.25) is 0 Å². The predicted octanol–water partition coefficient (Wildman–Crippen LogP) is 4.87. The number of phenols is 1. The summed E-state index contributed by atoms with van der Waals surface area (Å²) in [7, 11) is 0. The van der Waals surface area contributed by atoms with Crippen LogP contribution in [0.3, 0.4) is 0 Å². The van der Waals surface area contributed by atoms with Gasteiger partial charge in [-0.2, -0.15) is 0 Å². The van der Waals surface area contributed by atoms with Crippen molar-refractivity contribution in [2.24, 2.45) is 0 Å². The second kappa shape index (κ2) is 8.70. The molecule has 1 aromatic heterocycles. The highest BCUT2D eigenvalue weighted by Crippen LogP contribution is 2.37. The van der Waals surface area contributed by atoms with Crippen LogP contribution >= 0.6 is 0 Å². The number of aromatic carboxylic acids is 1. The Balaban J connectivity index is 1.85. The Labute approximate surface area is 183 Å². The van der Waals surface area contributed by atoms with Crippen molar-refractivity contribution < 1.29 is 29.0 Å². The average Bonchev–Trinajstić information content (AvgIpc) is 3.13. The third-order valence-electron chi connectivity index (χ3n) is 4.70. The van der Waals surface area contributed by atoms with Crippen molar-refractivity contribution in [1.82, 2.24) is 0 Å². The summed E-state index contributed by atoms with van der Waals surface area (Å²) >= 11 is 0. The maximum Gasteiger partial charge on any atom is 0.339 e. The van der Waals surface area contributed by atoms with Gasteiger partial charge in [-0.15, -0.1) is 0 Å². The molecule has 0 radical (unpaired) electrons. The Morgan fingerprint density at radius 2 is 1.72 bits per heavy atom. The molecule has 0 unspecified atom stereocenters. The van der Waals surface area contributed by atoms with Crippen LogP contribution in [0.25, 0.3) is 22.3 Å². The number of carboxylic acid groups (broad SMARTS) is 1. The van der Waals surface area contributed by atoms with E-state index in [4.69, 9.17) is 9.15 Å². The molecule has 6 heteroatoms. The first-order chi connectivity index (χ1) is 15.4. The molecule has 6 nitrogen and oxygen atoms in total. The van der Waals surface area contributed by atoms with Crippen molar-refractivity contribution in [2.75, 3.05) is 6.61 Å². The van der Waals surface area contributed by atoms with Crippen molar-refractivity contribution in [3.63, 3.8) is 0 Å². The van der Waals surface area contributed by atoms with Crippen LogP contribution in [0.4, 0.5) is 0 Å². The third-order valence-corrected chi connectivity index (χ3v) is 4.70. The van der Waals surface area contributed by atoms with Crippen LogP contribution in [0.15, 0.2) is 71.1 Å². The fourth-order valence-electron chi connectivity index (χ4n) is 3.17. The summed E-state index contributed by atoms with van der Waals surface area (Å²) in [5.74, 6) is 5.41. The number of rotatable bonds is 5. The summed E-state index contributed by atoms with van der Waals surface area (Å²) in [5.41, 5.74) is 2.06. The molecule has 0 amide bonds. The van der Waals surface area contributed by atoms with Gasteiger partial charge in [0.05, 0.1) is 5.56 Å². The van der Waals surface area contributed by atoms with E-state index in [1.54, 1.807) is 24.3 Å². The molecule has 0 aliphatic heterocycles. The molecular formula is C26H18O6. The molecule has 0 atom stereocenters. The fraction of sp³-hybridized carbons (Fsp3) is 0.0769. The van der Waals surface area contributed by atoms with Gasteiger partial charge >= 0.3 is 5.97 Å². The van der Waals surface area contributed by atoms with Crippen molar-refractivity contribution >= 4 is 22.7 Å². The maximum absolute atomic E-state index is 11.5. The minimum Gasteiger partial charge on any atom is -0.507 e. The average molecular weight is 426 g/mol.